The number of allylic oxidation sites excluding steroid dienone is 1. The van der Waals surface area contributed by atoms with Crippen LogP contribution in [0.2, 0.25) is 0 Å². The van der Waals surface area contributed by atoms with Gasteiger partial charge in [0.05, 0.1) is 6.07 Å². The van der Waals surface area contributed by atoms with Crippen molar-refractivity contribution in [3.05, 3.63) is 39.9 Å². The molecular formula is C17H24BrNO. The third-order valence-electron chi connectivity index (χ3n) is 3.73. The van der Waals surface area contributed by atoms with Crippen LogP contribution in [-0.2, 0) is 0 Å². The van der Waals surface area contributed by atoms with Crippen molar-refractivity contribution in [3.8, 4) is 6.07 Å². The van der Waals surface area contributed by atoms with Gasteiger partial charge in [0, 0.05) is 10.4 Å². The van der Waals surface area contributed by atoms with Crippen LogP contribution in [0.15, 0.2) is 34.3 Å². The molecule has 0 aliphatic rings. The zero-order valence-corrected chi connectivity index (χ0v) is 13.5. The Morgan fingerprint density at radius 1 is 1.45 bits per heavy atom. The van der Waals surface area contributed by atoms with Crippen LogP contribution < -0.4 is 0 Å². The molecule has 1 aromatic carbocycles. The van der Waals surface area contributed by atoms with Crippen molar-refractivity contribution in [2.24, 2.45) is 5.92 Å². The average molecular weight is 338 g/mol. The van der Waals surface area contributed by atoms with Gasteiger partial charge < -0.3 is 5.11 Å². The van der Waals surface area contributed by atoms with Gasteiger partial charge in [0.15, 0.2) is 5.60 Å². The Kier molecular flexibility index (Phi) is 7.19. The lowest BCUT2D eigenvalue weighted by atomic mass is 9.81. The lowest BCUT2D eigenvalue weighted by molar-refractivity contribution is 0.0767. The van der Waals surface area contributed by atoms with Crippen molar-refractivity contribution >= 4 is 21.5 Å². The Hall–Kier alpha value is -1.11. The molecule has 110 valence electrons. The summed E-state index contributed by atoms with van der Waals surface area (Å²) < 4.78 is 1.03. The van der Waals surface area contributed by atoms with Gasteiger partial charge in [-0.3, -0.25) is 0 Å². The van der Waals surface area contributed by atoms with Gasteiger partial charge >= 0.3 is 0 Å². The lowest BCUT2D eigenvalue weighted by Crippen LogP contribution is -2.32. The van der Waals surface area contributed by atoms with Crippen LogP contribution in [0.3, 0.4) is 0 Å². The summed E-state index contributed by atoms with van der Waals surface area (Å²) in [5, 5.41) is 19.2. The van der Waals surface area contributed by atoms with Gasteiger partial charge in [-0.05, 0) is 37.5 Å². The van der Waals surface area contributed by atoms with E-state index < -0.39 is 5.60 Å². The number of hydrogen-bond acceptors (Lipinski definition) is 2. The molecule has 0 saturated heterocycles. The van der Waals surface area contributed by atoms with Crippen LogP contribution in [0.1, 0.15) is 47.1 Å². The average Bonchev–Trinajstić information content (AvgIpc) is 2.39. The highest BCUT2D eigenvalue weighted by Crippen LogP contribution is 2.34. The summed E-state index contributed by atoms with van der Waals surface area (Å²) in [7, 11) is 0. The Bertz CT molecular complexity index is 526. The molecule has 2 atom stereocenters. The molecule has 0 saturated carbocycles. The number of hydrogen-bond donors (Lipinski definition) is 1. The first-order valence-corrected chi connectivity index (χ1v) is 7.22. The van der Waals surface area contributed by atoms with E-state index in [0.29, 0.717) is 0 Å². The van der Waals surface area contributed by atoms with Crippen molar-refractivity contribution < 1.29 is 5.11 Å². The van der Waals surface area contributed by atoms with E-state index in [0.717, 1.165) is 27.6 Å². The maximum atomic E-state index is 10.2. The summed E-state index contributed by atoms with van der Waals surface area (Å²) in [5.74, 6) is -0.199. The summed E-state index contributed by atoms with van der Waals surface area (Å²) in [5.41, 5.74) is 2.00. The highest BCUT2D eigenvalue weighted by atomic mass is 79.9. The second-order valence-corrected chi connectivity index (χ2v) is 5.82. The standard InChI is InChI=1S/C16H20BrNO.CH4/c1-5-13(12(3)16(4,19)10-18)11(2)14-8-6-7-9-15(14)17;/h6-9,12,19H,5H2,1-4H3;1H4/b13-11-;. The topological polar surface area (TPSA) is 44.0 Å². The van der Waals surface area contributed by atoms with Crippen molar-refractivity contribution in [1.82, 2.24) is 0 Å². The van der Waals surface area contributed by atoms with Gasteiger partial charge in [-0.15, -0.1) is 0 Å². The first-order valence-electron chi connectivity index (χ1n) is 6.43. The van der Waals surface area contributed by atoms with Crippen LogP contribution in [-0.4, -0.2) is 10.7 Å². The molecule has 1 N–H and O–H groups in total. The van der Waals surface area contributed by atoms with Crippen molar-refractivity contribution in [1.29, 1.82) is 5.26 Å². The Labute approximate surface area is 131 Å². The Morgan fingerprint density at radius 2 is 2.00 bits per heavy atom. The first kappa shape index (κ1) is 18.9. The van der Waals surface area contributed by atoms with E-state index in [2.05, 4.69) is 22.9 Å². The van der Waals surface area contributed by atoms with E-state index in [1.807, 2.05) is 44.2 Å². The van der Waals surface area contributed by atoms with Crippen molar-refractivity contribution in [2.45, 2.75) is 47.1 Å². The smallest absolute Gasteiger partial charge is 0.154 e. The number of aliphatic hydroxyl groups is 1. The third kappa shape index (κ3) is 3.94. The van der Waals surface area contributed by atoms with Gasteiger partial charge in [0.25, 0.3) is 0 Å². The third-order valence-corrected chi connectivity index (χ3v) is 4.42. The Morgan fingerprint density at radius 3 is 2.45 bits per heavy atom. The van der Waals surface area contributed by atoms with Crippen LogP contribution >= 0.6 is 15.9 Å². The van der Waals surface area contributed by atoms with Crippen LogP contribution in [0.5, 0.6) is 0 Å². The Balaban J connectivity index is 0.00000361. The van der Waals surface area contributed by atoms with E-state index in [9.17, 15) is 5.11 Å². The second kappa shape index (κ2) is 7.61. The molecule has 3 heteroatoms. The quantitative estimate of drug-likeness (QED) is 0.769. The molecule has 0 spiro atoms. The maximum absolute atomic E-state index is 10.2. The van der Waals surface area contributed by atoms with Crippen LogP contribution in [0.4, 0.5) is 0 Å². The number of nitrogens with zero attached hydrogens (tertiary/aromatic N) is 1. The molecule has 0 bridgehead atoms. The fourth-order valence-electron chi connectivity index (χ4n) is 2.27. The lowest BCUT2D eigenvalue weighted by Gasteiger charge is -2.27. The molecule has 0 aliphatic heterocycles. The number of halogens is 1. The minimum absolute atomic E-state index is 0. The minimum atomic E-state index is -1.34. The summed E-state index contributed by atoms with van der Waals surface area (Å²) in [6.07, 6.45) is 0.812. The molecule has 0 fully saturated rings. The minimum Gasteiger partial charge on any atom is -0.375 e. The normalized spacial score (nSPS) is 16.2. The number of rotatable bonds is 4. The van der Waals surface area contributed by atoms with Gasteiger partial charge in [-0.25, -0.2) is 0 Å². The molecule has 0 heterocycles. The summed E-state index contributed by atoms with van der Waals surface area (Å²) in [6.45, 7) is 7.57. The number of benzene rings is 1. The van der Waals surface area contributed by atoms with Gasteiger partial charge in [-0.1, -0.05) is 61.0 Å². The van der Waals surface area contributed by atoms with E-state index in [4.69, 9.17) is 5.26 Å². The molecular weight excluding hydrogens is 314 g/mol. The summed E-state index contributed by atoms with van der Waals surface area (Å²) in [6, 6.07) is 9.99. The van der Waals surface area contributed by atoms with E-state index in [1.165, 1.54) is 0 Å². The largest absolute Gasteiger partial charge is 0.375 e. The number of nitriles is 1. The molecule has 2 unspecified atom stereocenters. The fraction of sp³-hybridized carbons (Fsp3) is 0.471. The van der Waals surface area contributed by atoms with Gasteiger partial charge in [-0.2, -0.15) is 5.26 Å². The molecule has 0 radical (unpaired) electrons. The van der Waals surface area contributed by atoms with Crippen molar-refractivity contribution in [2.75, 3.05) is 0 Å². The second-order valence-electron chi connectivity index (χ2n) is 4.96. The van der Waals surface area contributed by atoms with Crippen LogP contribution in [0.25, 0.3) is 5.57 Å². The molecule has 1 aromatic rings. The van der Waals surface area contributed by atoms with Gasteiger partial charge in [0.2, 0.25) is 0 Å². The monoisotopic (exact) mass is 337 g/mol. The maximum Gasteiger partial charge on any atom is 0.154 e. The van der Waals surface area contributed by atoms with Crippen molar-refractivity contribution in [3.63, 3.8) is 0 Å². The zero-order chi connectivity index (χ0) is 14.6. The predicted molar refractivity (Wildman–Crippen MR) is 89.2 cm³/mol. The van der Waals surface area contributed by atoms with Gasteiger partial charge in [0.1, 0.15) is 0 Å². The highest BCUT2D eigenvalue weighted by Gasteiger charge is 2.31. The van der Waals surface area contributed by atoms with E-state index in [-0.39, 0.29) is 13.3 Å². The molecule has 0 amide bonds. The van der Waals surface area contributed by atoms with E-state index in [1.54, 1.807) is 6.92 Å². The molecule has 2 nitrogen and oxygen atoms in total. The zero-order valence-electron chi connectivity index (χ0n) is 11.9. The SMILES string of the molecule is C.CC/C(=C(\C)c1ccccc1Br)C(C)C(C)(O)C#N. The van der Waals surface area contributed by atoms with E-state index >= 15 is 0 Å². The molecule has 1 rings (SSSR count). The molecule has 20 heavy (non-hydrogen) atoms. The summed E-state index contributed by atoms with van der Waals surface area (Å²) in [4.78, 5) is 0. The first-order chi connectivity index (χ1) is 8.85. The van der Waals surface area contributed by atoms with Crippen LogP contribution in [0, 0.1) is 17.2 Å². The summed E-state index contributed by atoms with van der Waals surface area (Å²) >= 11 is 3.55. The highest BCUT2D eigenvalue weighted by molar-refractivity contribution is 9.10. The molecule has 0 aliphatic carbocycles. The molecule has 0 aromatic heterocycles. The predicted octanol–water partition coefficient (Wildman–Crippen LogP) is 5.18. The fourth-order valence-corrected chi connectivity index (χ4v) is 2.85.